The minimum Gasteiger partial charge on any atom is -0.378 e. The molecule has 0 amide bonds. The Hall–Kier alpha value is -0.973. The number of halogens is 2. The summed E-state index contributed by atoms with van der Waals surface area (Å²) in [4.78, 5) is 3.69. The van der Waals surface area contributed by atoms with Crippen molar-refractivity contribution in [1.82, 2.24) is 4.57 Å². The summed E-state index contributed by atoms with van der Waals surface area (Å²) in [5.41, 5.74) is 7.11. The van der Waals surface area contributed by atoms with Gasteiger partial charge < -0.3 is 4.98 Å². The van der Waals surface area contributed by atoms with Crippen molar-refractivity contribution in [2.75, 3.05) is 4.98 Å². The Bertz CT molecular complexity index is 810. The highest BCUT2D eigenvalue weighted by molar-refractivity contribution is 7.51. The predicted molar refractivity (Wildman–Crippen MR) is 130 cm³/mol. The Morgan fingerprint density at radius 1 is 0.897 bits per heavy atom. The first-order chi connectivity index (χ1) is 13.3. The Morgan fingerprint density at radius 2 is 1.38 bits per heavy atom. The molecule has 1 aromatic heterocycles. The minimum atomic E-state index is -3.08. The lowest BCUT2D eigenvalue weighted by Crippen LogP contribution is -2.66. The number of nitrogens with one attached hydrogen (secondary N) is 1. The van der Waals surface area contributed by atoms with E-state index in [4.69, 9.17) is 22.2 Å². The summed E-state index contributed by atoms with van der Waals surface area (Å²) >= 11 is 14.6. The van der Waals surface area contributed by atoms with E-state index in [2.05, 4.69) is 102 Å². The smallest absolute Gasteiger partial charge is 0.378 e. The molecule has 6 heteroatoms. The van der Waals surface area contributed by atoms with Gasteiger partial charge >= 0.3 is 6.86 Å². The molecule has 0 saturated carbocycles. The van der Waals surface area contributed by atoms with E-state index in [9.17, 15) is 0 Å². The van der Waals surface area contributed by atoms with E-state index < -0.39 is 6.86 Å². The molecule has 0 aliphatic rings. The number of rotatable bonds is 7. The van der Waals surface area contributed by atoms with Gasteiger partial charge in [-0.1, -0.05) is 45.9 Å². The summed E-state index contributed by atoms with van der Waals surface area (Å²) in [6, 6.07) is 7.07. The van der Waals surface area contributed by atoms with E-state index in [1.807, 2.05) is 0 Å². The van der Waals surface area contributed by atoms with Crippen molar-refractivity contribution in [3.8, 4) is 0 Å². The minimum absolute atomic E-state index is 0.278. The zero-order chi connectivity index (χ0) is 22.3. The van der Waals surface area contributed by atoms with Crippen molar-refractivity contribution in [3.05, 3.63) is 40.7 Å². The van der Waals surface area contributed by atoms with Crippen molar-refractivity contribution in [3.63, 3.8) is 0 Å². The van der Waals surface area contributed by atoms with Gasteiger partial charge in [-0.2, -0.15) is 0 Å². The third-order valence-electron chi connectivity index (χ3n) is 5.67. The standard InChI is InChI=1S/C23H38Cl2N3Si/c1-14(2)20-12-11-13-21(15(3)4)22(20)26-29(24,25)23-27(16(5)6)18(9)19(10)28(23)17(7)8/h11-17,26H,1-10H3/q+1. The summed E-state index contributed by atoms with van der Waals surface area (Å²) in [6.45, 7) is 18.9. The predicted octanol–water partition coefficient (Wildman–Crippen LogP) is 6.54. The molecule has 1 N–H and O–H groups in total. The third kappa shape index (κ3) is 4.70. The van der Waals surface area contributed by atoms with Gasteiger partial charge in [0.1, 0.15) is 11.4 Å². The SMILES string of the molecule is Cc1c(C)[n+](C(C)C)c([Si](Cl)(Cl)Nc2c(C(C)C)cccc2C(C)C)n1C(C)C. The molecule has 0 saturated heterocycles. The monoisotopic (exact) mass is 454 g/mol. The number of imidazole rings is 1. The molecule has 3 nitrogen and oxygen atoms in total. The molecule has 0 atom stereocenters. The second-order valence-electron chi connectivity index (χ2n) is 9.24. The van der Waals surface area contributed by atoms with Crippen molar-refractivity contribution in [1.29, 1.82) is 0 Å². The second kappa shape index (κ2) is 9.03. The normalized spacial score (nSPS) is 12.7. The molecular formula is C23H38Cl2N3Si+. The Kier molecular flexibility index (Phi) is 7.57. The molecule has 1 heterocycles. The Balaban J connectivity index is 2.75. The van der Waals surface area contributed by atoms with Crippen molar-refractivity contribution in [2.45, 2.75) is 93.2 Å². The highest BCUT2D eigenvalue weighted by Gasteiger charge is 2.49. The summed E-state index contributed by atoms with van der Waals surface area (Å²) in [5, 5.41) is 0. The lowest BCUT2D eigenvalue weighted by Gasteiger charge is -2.26. The quantitative estimate of drug-likeness (QED) is 0.286. The van der Waals surface area contributed by atoms with Crippen LogP contribution < -0.4 is 15.0 Å². The average molecular weight is 456 g/mol. The fourth-order valence-electron chi connectivity index (χ4n) is 4.26. The molecule has 1 aromatic carbocycles. The molecule has 0 bridgehead atoms. The molecule has 0 aliphatic carbocycles. The maximum absolute atomic E-state index is 7.28. The zero-order valence-corrected chi connectivity index (χ0v) is 22.2. The highest BCUT2D eigenvalue weighted by Crippen LogP contribution is 2.35. The van der Waals surface area contributed by atoms with Crippen LogP contribution in [-0.2, 0) is 0 Å². The number of hydrogen-bond acceptors (Lipinski definition) is 1. The van der Waals surface area contributed by atoms with Gasteiger partial charge in [0.2, 0.25) is 0 Å². The van der Waals surface area contributed by atoms with Gasteiger partial charge in [0.25, 0.3) is 5.45 Å². The van der Waals surface area contributed by atoms with Crippen LogP contribution in [0.2, 0.25) is 0 Å². The lowest BCUT2D eigenvalue weighted by molar-refractivity contribution is -0.705. The van der Waals surface area contributed by atoms with Gasteiger partial charge in [0, 0.05) is 19.5 Å². The van der Waals surface area contributed by atoms with E-state index in [0.717, 1.165) is 11.1 Å². The Morgan fingerprint density at radius 3 is 1.76 bits per heavy atom. The van der Waals surface area contributed by atoms with Crippen LogP contribution in [0.4, 0.5) is 5.69 Å². The second-order valence-corrected chi connectivity index (χ2v) is 15.1. The summed E-state index contributed by atoms with van der Waals surface area (Å²) in [6.07, 6.45) is 0. The molecule has 29 heavy (non-hydrogen) atoms. The summed E-state index contributed by atoms with van der Waals surface area (Å²) in [5.74, 6) is 0.763. The maximum atomic E-state index is 7.28. The molecule has 0 unspecified atom stereocenters. The number of nitrogens with zero attached hydrogens (tertiary/aromatic N) is 2. The molecule has 162 valence electrons. The number of hydrogen-bond donors (Lipinski definition) is 1. The topological polar surface area (TPSA) is 20.8 Å². The van der Waals surface area contributed by atoms with Crippen LogP contribution >= 0.6 is 22.2 Å². The van der Waals surface area contributed by atoms with E-state index in [-0.39, 0.29) is 12.1 Å². The first-order valence-corrected chi connectivity index (χ1v) is 14.8. The van der Waals surface area contributed by atoms with Crippen molar-refractivity contribution < 1.29 is 4.57 Å². The lowest BCUT2D eigenvalue weighted by atomic mass is 9.93. The van der Waals surface area contributed by atoms with Crippen molar-refractivity contribution in [2.24, 2.45) is 0 Å². The highest BCUT2D eigenvalue weighted by atomic mass is 35.7. The zero-order valence-electron chi connectivity index (χ0n) is 19.7. The van der Waals surface area contributed by atoms with E-state index in [1.54, 1.807) is 0 Å². The molecule has 2 rings (SSSR count). The van der Waals surface area contributed by atoms with E-state index in [0.29, 0.717) is 11.8 Å². The first-order valence-electron chi connectivity index (χ1n) is 10.7. The number of benzene rings is 1. The fourth-order valence-corrected chi connectivity index (χ4v) is 8.09. The van der Waals surface area contributed by atoms with Crippen LogP contribution in [0.15, 0.2) is 18.2 Å². The van der Waals surface area contributed by atoms with Crippen LogP contribution in [0.1, 0.15) is 102 Å². The number of para-hydroxylation sites is 1. The molecule has 2 aromatic rings. The van der Waals surface area contributed by atoms with Crippen molar-refractivity contribution >= 4 is 40.1 Å². The van der Waals surface area contributed by atoms with Gasteiger partial charge in [-0.3, -0.25) is 0 Å². The molecule has 0 radical (unpaired) electrons. The van der Waals surface area contributed by atoms with Gasteiger partial charge in [0.05, 0.1) is 12.1 Å². The van der Waals surface area contributed by atoms with Gasteiger partial charge in [-0.15, -0.1) is 22.2 Å². The fraction of sp³-hybridized carbons (Fsp3) is 0.609. The first kappa shape index (κ1) is 24.3. The van der Waals surface area contributed by atoms with E-state index >= 15 is 0 Å². The van der Waals surface area contributed by atoms with Crippen LogP contribution in [0.5, 0.6) is 0 Å². The average Bonchev–Trinajstić information content (AvgIpc) is 2.87. The van der Waals surface area contributed by atoms with Crippen LogP contribution in [0.25, 0.3) is 0 Å². The molecular weight excluding hydrogens is 417 g/mol. The third-order valence-corrected chi connectivity index (χ3v) is 8.86. The number of aromatic nitrogens is 2. The van der Waals surface area contributed by atoms with Crippen LogP contribution in [-0.4, -0.2) is 11.4 Å². The van der Waals surface area contributed by atoms with Crippen LogP contribution in [0, 0.1) is 13.8 Å². The van der Waals surface area contributed by atoms with Gasteiger partial charge in [0.15, 0.2) is 0 Å². The number of anilines is 1. The van der Waals surface area contributed by atoms with Gasteiger partial charge in [-0.25, -0.2) is 9.13 Å². The maximum Gasteiger partial charge on any atom is 0.479 e. The van der Waals surface area contributed by atoms with Gasteiger partial charge in [-0.05, 0) is 50.7 Å². The largest absolute Gasteiger partial charge is 0.479 e. The Labute approximate surface area is 187 Å². The molecule has 0 fully saturated rings. The molecule has 0 spiro atoms. The molecule has 0 aliphatic heterocycles. The van der Waals surface area contributed by atoms with E-state index in [1.165, 1.54) is 22.5 Å². The summed E-state index contributed by atoms with van der Waals surface area (Å²) in [7, 11) is 0. The van der Waals surface area contributed by atoms with Crippen LogP contribution in [0.3, 0.4) is 0 Å². The summed E-state index contributed by atoms with van der Waals surface area (Å²) < 4.78 is 4.64.